The van der Waals surface area contributed by atoms with E-state index in [1.165, 1.54) is 49.9 Å². The molecule has 106 valence electrons. The highest BCUT2D eigenvalue weighted by atomic mass is 35.5. The number of imidazole rings is 1. The van der Waals surface area contributed by atoms with Crippen LogP contribution in [0.15, 0.2) is 18.2 Å². The maximum absolute atomic E-state index is 6.16. The fourth-order valence-corrected chi connectivity index (χ4v) is 3.89. The molecular formula is C16H20ClN3. The molecule has 0 atom stereocenters. The minimum atomic E-state index is 0.0914. The Bertz CT molecular complexity index is 651. The molecule has 1 heterocycles. The van der Waals surface area contributed by atoms with Crippen molar-refractivity contribution in [1.29, 1.82) is 0 Å². The van der Waals surface area contributed by atoms with Crippen molar-refractivity contribution in [1.82, 2.24) is 9.55 Å². The second-order valence-corrected chi connectivity index (χ2v) is 6.80. The summed E-state index contributed by atoms with van der Waals surface area (Å²) in [4.78, 5) is 4.96. The Balaban J connectivity index is 1.95. The van der Waals surface area contributed by atoms with Crippen LogP contribution in [0, 0.1) is 0 Å². The molecule has 0 bridgehead atoms. The zero-order valence-electron chi connectivity index (χ0n) is 11.6. The number of aromatic nitrogens is 2. The van der Waals surface area contributed by atoms with Crippen LogP contribution in [0.2, 0.25) is 5.02 Å². The Hall–Kier alpha value is -1.06. The van der Waals surface area contributed by atoms with Crippen LogP contribution in [0.5, 0.6) is 0 Å². The molecule has 0 spiro atoms. The second kappa shape index (κ2) is 4.47. The van der Waals surface area contributed by atoms with Gasteiger partial charge in [-0.1, -0.05) is 24.4 Å². The fourth-order valence-electron chi connectivity index (χ4n) is 3.72. The van der Waals surface area contributed by atoms with Gasteiger partial charge in [0.05, 0.1) is 11.0 Å². The largest absolute Gasteiger partial charge is 0.329 e. The van der Waals surface area contributed by atoms with Gasteiger partial charge >= 0.3 is 0 Å². The number of halogens is 1. The number of fused-ring (bicyclic) bond motifs is 1. The number of benzene rings is 1. The van der Waals surface area contributed by atoms with Gasteiger partial charge in [0, 0.05) is 23.0 Å². The van der Waals surface area contributed by atoms with E-state index in [9.17, 15) is 0 Å². The lowest BCUT2D eigenvalue weighted by Crippen LogP contribution is -2.35. The molecule has 2 saturated carbocycles. The summed E-state index contributed by atoms with van der Waals surface area (Å²) in [6.45, 7) is 0.705. The Morgan fingerprint density at radius 3 is 2.70 bits per heavy atom. The molecule has 3 nitrogen and oxygen atoms in total. The molecule has 0 aliphatic heterocycles. The molecule has 2 fully saturated rings. The SMILES string of the molecule is NCC1(c2nc3cc(Cl)ccc3n2C2CC2)CCCC1. The number of nitrogens with two attached hydrogens (primary N) is 1. The number of nitrogens with zero attached hydrogens (tertiary/aromatic N) is 2. The van der Waals surface area contributed by atoms with E-state index in [4.69, 9.17) is 22.3 Å². The highest BCUT2D eigenvalue weighted by Gasteiger charge is 2.41. The lowest BCUT2D eigenvalue weighted by molar-refractivity contribution is 0.406. The summed E-state index contributed by atoms with van der Waals surface area (Å²) in [6.07, 6.45) is 7.42. The van der Waals surface area contributed by atoms with Gasteiger partial charge in [-0.25, -0.2) is 4.98 Å². The molecular weight excluding hydrogens is 270 g/mol. The Labute approximate surface area is 124 Å². The van der Waals surface area contributed by atoms with Gasteiger partial charge < -0.3 is 10.3 Å². The zero-order valence-corrected chi connectivity index (χ0v) is 12.4. The van der Waals surface area contributed by atoms with E-state index >= 15 is 0 Å². The highest BCUT2D eigenvalue weighted by Crippen LogP contribution is 2.46. The van der Waals surface area contributed by atoms with Gasteiger partial charge in [-0.05, 0) is 43.9 Å². The van der Waals surface area contributed by atoms with E-state index in [-0.39, 0.29) is 5.41 Å². The van der Waals surface area contributed by atoms with Gasteiger partial charge in [-0.2, -0.15) is 0 Å². The highest BCUT2D eigenvalue weighted by molar-refractivity contribution is 6.31. The van der Waals surface area contributed by atoms with Crippen LogP contribution < -0.4 is 5.73 Å². The van der Waals surface area contributed by atoms with Gasteiger partial charge in [-0.15, -0.1) is 0 Å². The first-order chi connectivity index (χ1) is 9.73. The van der Waals surface area contributed by atoms with Crippen molar-refractivity contribution in [2.24, 2.45) is 5.73 Å². The van der Waals surface area contributed by atoms with Crippen molar-refractivity contribution >= 4 is 22.6 Å². The minimum absolute atomic E-state index is 0.0914. The third-order valence-corrected chi connectivity index (χ3v) is 5.22. The molecule has 0 amide bonds. The van der Waals surface area contributed by atoms with E-state index < -0.39 is 0 Å². The van der Waals surface area contributed by atoms with Gasteiger partial charge in [0.1, 0.15) is 5.82 Å². The Morgan fingerprint density at radius 1 is 1.30 bits per heavy atom. The summed E-state index contributed by atoms with van der Waals surface area (Å²) >= 11 is 6.13. The molecule has 4 rings (SSSR count). The quantitative estimate of drug-likeness (QED) is 0.934. The van der Waals surface area contributed by atoms with Crippen molar-refractivity contribution in [3.63, 3.8) is 0 Å². The van der Waals surface area contributed by atoms with E-state index in [1.54, 1.807) is 0 Å². The molecule has 2 aromatic rings. The van der Waals surface area contributed by atoms with Gasteiger partial charge in [0.15, 0.2) is 0 Å². The van der Waals surface area contributed by atoms with Crippen molar-refractivity contribution in [3.05, 3.63) is 29.0 Å². The molecule has 2 aliphatic carbocycles. The van der Waals surface area contributed by atoms with Crippen LogP contribution in [0.1, 0.15) is 50.4 Å². The van der Waals surface area contributed by atoms with Crippen molar-refractivity contribution in [2.75, 3.05) is 6.54 Å². The van der Waals surface area contributed by atoms with Gasteiger partial charge in [0.2, 0.25) is 0 Å². The molecule has 0 unspecified atom stereocenters. The zero-order chi connectivity index (χ0) is 13.7. The van der Waals surface area contributed by atoms with Crippen molar-refractivity contribution in [2.45, 2.75) is 50.0 Å². The average Bonchev–Trinajstić information content (AvgIpc) is 3.04. The average molecular weight is 290 g/mol. The second-order valence-electron chi connectivity index (χ2n) is 6.36. The summed E-state index contributed by atoms with van der Waals surface area (Å²) < 4.78 is 2.46. The Kier molecular flexibility index (Phi) is 2.83. The Morgan fingerprint density at radius 2 is 2.05 bits per heavy atom. The standard InChI is InChI=1S/C16H20ClN3/c17-11-3-6-14-13(9-11)19-15(20(14)12-4-5-12)16(10-18)7-1-2-8-16/h3,6,9,12H,1-2,4-5,7-8,10,18H2. The molecule has 1 aromatic heterocycles. The summed E-state index contributed by atoms with van der Waals surface area (Å²) in [6, 6.07) is 6.70. The van der Waals surface area contributed by atoms with Gasteiger partial charge in [0.25, 0.3) is 0 Å². The topological polar surface area (TPSA) is 43.8 Å². The normalized spacial score (nSPS) is 21.7. The van der Waals surface area contributed by atoms with E-state index in [0.29, 0.717) is 12.6 Å². The van der Waals surface area contributed by atoms with Crippen LogP contribution in [-0.4, -0.2) is 16.1 Å². The first-order valence-corrected chi connectivity index (χ1v) is 7.99. The fraction of sp³-hybridized carbons (Fsp3) is 0.562. The molecule has 4 heteroatoms. The predicted molar refractivity (Wildman–Crippen MR) is 82.2 cm³/mol. The number of hydrogen-bond donors (Lipinski definition) is 1. The third-order valence-electron chi connectivity index (χ3n) is 4.99. The third kappa shape index (κ3) is 1.80. The first-order valence-electron chi connectivity index (χ1n) is 7.62. The number of hydrogen-bond acceptors (Lipinski definition) is 2. The van der Waals surface area contributed by atoms with Crippen LogP contribution in [0.4, 0.5) is 0 Å². The number of rotatable bonds is 3. The molecule has 2 aliphatic rings. The summed E-state index contributed by atoms with van der Waals surface area (Å²) in [5.41, 5.74) is 8.51. The van der Waals surface area contributed by atoms with Crippen LogP contribution in [0.25, 0.3) is 11.0 Å². The molecule has 0 radical (unpaired) electrons. The molecule has 20 heavy (non-hydrogen) atoms. The summed E-state index contributed by atoms with van der Waals surface area (Å²) in [7, 11) is 0. The molecule has 2 N–H and O–H groups in total. The van der Waals surface area contributed by atoms with Crippen LogP contribution in [-0.2, 0) is 5.41 Å². The molecule has 0 saturated heterocycles. The van der Waals surface area contributed by atoms with Crippen LogP contribution in [0.3, 0.4) is 0 Å². The molecule has 1 aromatic carbocycles. The minimum Gasteiger partial charge on any atom is -0.329 e. The predicted octanol–water partition coefficient (Wildman–Crippen LogP) is 3.80. The maximum Gasteiger partial charge on any atom is 0.117 e. The lowest BCUT2D eigenvalue weighted by Gasteiger charge is -2.27. The van der Waals surface area contributed by atoms with Crippen molar-refractivity contribution < 1.29 is 0 Å². The summed E-state index contributed by atoms with van der Waals surface area (Å²) in [5.74, 6) is 1.22. The van der Waals surface area contributed by atoms with E-state index in [1.807, 2.05) is 12.1 Å². The first kappa shape index (κ1) is 12.7. The smallest absolute Gasteiger partial charge is 0.117 e. The maximum atomic E-state index is 6.16. The monoisotopic (exact) mass is 289 g/mol. The van der Waals surface area contributed by atoms with Gasteiger partial charge in [-0.3, -0.25) is 0 Å². The van der Waals surface area contributed by atoms with E-state index in [0.717, 1.165) is 10.5 Å². The van der Waals surface area contributed by atoms with Crippen molar-refractivity contribution in [3.8, 4) is 0 Å². The lowest BCUT2D eigenvalue weighted by atomic mass is 9.85. The van der Waals surface area contributed by atoms with Crippen LogP contribution >= 0.6 is 11.6 Å². The van der Waals surface area contributed by atoms with E-state index in [2.05, 4.69) is 10.6 Å². The summed E-state index contributed by atoms with van der Waals surface area (Å²) in [5, 5.41) is 0.762.